The third-order valence-electron chi connectivity index (χ3n) is 3.69. The van der Waals surface area contributed by atoms with Crippen LogP contribution in [0.15, 0.2) is 18.2 Å². The molecule has 0 radical (unpaired) electrons. The maximum absolute atomic E-state index is 13.9. The lowest BCUT2D eigenvalue weighted by atomic mass is 10.1. The second kappa shape index (κ2) is 6.41. The van der Waals surface area contributed by atoms with E-state index in [1.807, 2.05) is 0 Å². The molecule has 1 aromatic rings. The van der Waals surface area contributed by atoms with Crippen molar-refractivity contribution < 1.29 is 19.1 Å². The summed E-state index contributed by atoms with van der Waals surface area (Å²) in [5.41, 5.74) is -0.0535. The molecule has 2 rings (SSSR count). The van der Waals surface area contributed by atoms with E-state index in [0.29, 0.717) is 26.2 Å². The van der Waals surface area contributed by atoms with E-state index in [2.05, 4.69) is 0 Å². The van der Waals surface area contributed by atoms with Crippen LogP contribution in [-0.2, 0) is 4.79 Å². The Balaban J connectivity index is 2.04. The summed E-state index contributed by atoms with van der Waals surface area (Å²) in [6, 6.07) is 3.72. The Bertz CT molecular complexity index is 559. The van der Waals surface area contributed by atoms with Crippen LogP contribution in [0.1, 0.15) is 17.3 Å². The highest BCUT2D eigenvalue weighted by Crippen LogP contribution is 2.20. The minimum absolute atomic E-state index is 0.0535. The largest absolute Gasteiger partial charge is 0.480 e. The molecule has 1 N–H and O–H groups in total. The number of nitrogens with zero attached hydrogens (tertiary/aromatic N) is 2. The van der Waals surface area contributed by atoms with Crippen LogP contribution in [0, 0.1) is 5.82 Å². The van der Waals surface area contributed by atoms with Gasteiger partial charge in [-0.25, -0.2) is 4.39 Å². The highest BCUT2D eigenvalue weighted by atomic mass is 35.5. The maximum Gasteiger partial charge on any atom is 0.320 e. The first kappa shape index (κ1) is 15.7. The van der Waals surface area contributed by atoms with Gasteiger partial charge in [0.05, 0.1) is 10.6 Å². The van der Waals surface area contributed by atoms with Gasteiger partial charge < -0.3 is 10.0 Å². The minimum atomic E-state index is -0.893. The second-order valence-electron chi connectivity index (χ2n) is 4.94. The monoisotopic (exact) mass is 314 g/mol. The number of carbonyl (C=O) groups excluding carboxylic acids is 1. The van der Waals surface area contributed by atoms with E-state index in [1.54, 1.807) is 11.8 Å². The van der Waals surface area contributed by atoms with Gasteiger partial charge in [0.25, 0.3) is 5.91 Å². The fourth-order valence-corrected chi connectivity index (χ4v) is 2.48. The number of carbonyl (C=O) groups is 2. The Hall–Kier alpha value is -1.66. The number of halogens is 2. The van der Waals surface area contributed by atoms with E-state index in [4.69, 9.17) is 16.7 Å². The molecule has 5 nitrogen and oxygen atoms in total. The molecule has 7 heteroatoms. The molecule has 21 heavy (non-hydrogen) atoms. The number of piperazine rings is 1. The summed E-state index contributed by atoms with van der Waals surface area (Å²) in [4.78, 5) is 26.5. The topological polar surface area (TPSA) is 60.9 Å². The van der Waals surface area contributed by atoms with Crippen molar-refractivity contribution in [2.75, 3.05) is 26.2 Å². The van der Waals surface area contributed by atoms with Gasteiger partial charge in [-0.3, -0.25) is 14.5 Å². The first-order chi connectivity index (χ1) is 9.91. The highest BCUT2D eigenvalue weighted by molar-refractivity contribution is 6.31. The molecule has 0 saturated carbocycles. The Morgan fingerprint density at radius 2 is 1.90 bits per heavy atom. The first-order valence-electron chi connectivity index (χ1n) is 6.62. The molecule has 1 aliphatic rings. The quantitative estimate of drug-likeness (QED) is 0.922. The van der Waals surface area contributed by atoms with Crippen molar-refractivity contribution in [3.63, 3.8) is 0 Å². The van der Waals surface area contributed by atoms with Crippen molar-refractivity contribution in [2.45, 2.75) is 13.0 Å². The molecular formula is C14H16ClFN2O3. The van der Waals surface area contributed by atoms with Gasteiger partial charge in [-0.2, -0.15) is 0 Å². The number of rotatable bonds is 3. The summed E-state index contributed by atoms with van der Waals surface area (Å²) in [6.07, 6.45) is 0. The van der Waals surface area contributed by atoms with E-state index in [9.17, 15) is 14.0 Å². The van der Waals surface area contributed by atoms with Crippen molar-refractivity contribution >= 4 is 23.5 Å². The second-order valence-corrected chi connectivity index (χ2v) is 5.35. The minimum Gasteiger partial charge on any atom is -0.480 e. The van der Waals surface area contributed by atoms with Crippen LogP contribution in [-0.4, -0.2) is 59.0 Å². The standard InChI is InChI=1S/C14H16ClFN2O3/c1-9(14(20)21)17-5-7-18(8-6-17)13(19)10-3-2-4-11(15)12(10)16/h2-4,9H,5-8H2,1H3,(H,20,21). The van der Waals surface area contributed by atoms with Crippen LogP contribution < -0.4 is 0 Å². The normalized spacial score (nSPS) is 17.6. The van der Waals surface area contributed by atoms with Crippen molar-refractivity contribution in [3.05, 3.63) is 34.6 Å². The van der Waals surface area contributed by atoms with E-state index in [0.717, 1.165) is 0 Å². The fraction of sp³-hybridized carbons (Fsp3) is 0.429. The molecule has 1 aliphatic heterocycles. The summed E-state index contributed by atoms with van der Waals surface area (Å²) in [7, 11) is 0. The molecule has 1 atom stereocenters. The summed E-state index contributed by atoms with van der Waals surface area (Å²) < 4.78 is 13.9. The molecule has 0 aliphatic carbocycles. The third kappa shape index (κ3) is 3.33. The molecular weight excluding hydrogens is 299 g/mol. The zero-order valence-corrected chi connectivity index (χ0v) is 12.3. The molecule has 0 aromatic heterocycles. The first-order valence-corrected chi connectivity index (χ1v) is 6.99. The molecule has 1 amide bonds. The number of carboxylic acid groups (broad SMARTS) is 1. The molecule has 1 heterocycles. The number of amides is 1. The van der Waals surface area contributed by atoms with Gasteiger partial charge in [0, 0.05) is 26.2 Å². The van der Waals surface area contributed by atoms with Gasteiger partial charge in [-0.05, 0) is 19.1 Å². The lowest BCUT2D eigenvalue weighted by molar-refractivity contribution is -0.143. The fourth-order valence-electron chi connectivity index (χ4n) is 2.31. The zero-order chi connectivity index (χ0) is 15.6. The number of aliphatic carboxylic acids is 1. The van der Waals surface area contributed by atoms with Crippen LogP contribution >= 0.6 is 11.6 Å². The van der Waals surface area contributed by atoms with E-state index < -0.39 is 23.7 Å². The van der Waals surface area contributed by atoms with E-state index in [-0.39, 0.29) is 10.6 Å². The zero-order valence-electron chi connectivity index (χ0n) is 11.6. The molecule has 1 fully saturated rings. The van der Waals surface area contributed by atoms with Gasteiger partial charge in [-0.1, -0.05) is 17.7 Å². The van der Waals surface area contributed by atoms with Gasteiger partial charge in [0.15, 0.2) is 5.82 Å². The van der Waals surface area contributed by atoms with Gasteiger partial charge >= 0.3 is 5.97 Å². The summed E-state index contributed by atoms with van der Waals surface area (Å²) in [6.45, 7) is 3.23. The van der Waals surface area contributed by atoms with E-state index in [1.165, 1.54) is 23.1 Å². The smallest absolute Gasteiger partial charge is 0.320 e. The van der Waals surface area contributed by atoms with E-state index >= 15 is 0 Å². The van der Waals surface area contributed by atoms with Crippen LogP contribution in [0.3, 0.4) is 0 Å². The van der Waals surface area contributed by atoms with Gasteiger partial charge in [0.2, 0.25) is 0 Å². The number of carboxylic acids is 1. The SMILES string of the molecule is CC(C(=O)O)N1CCN(C(=O)c2cccc(Cl)c2F)CC1. The molecule has 0 bridgehead atoms. The lowest BCUT2D eigenvalue weighted by Crippen LogP contribution is -2.53. The predicted molar refractivity (Wildman–Crippen MR) is 76.0 cm³/mol. The highest BCUT2D eigenvalue weighted by Gasteiger charge is 2.28. The number of hydrogen-bond donors (Lipinski definition) is 1. The summed E-state index contributed by atoms with van der Waals surface area (Å²) in [5.74, 6) is -2.03. The van der Waals surface area contributed by atoms with Crippen molar-refractivity contribution in [2.24, 2.45) is 0 Å². The van der Waals surface area contributed by atoms with Crippen LogP contribution in [0.5, 0.6) is 0 Å². The molecule has 1 aromatic carbocycles. The average Bonchev–Trinajstić information content (AvgIpc) is 2.48. The number of benzene rings is 1. The van der Waals surface area contributed by atoms with Crippen molar-refractivity contribution in [3.8, 4) is 0 Å². The van der Waals surface area contributed by atoms with Crippen LogP contribution in [0.25, 0.3) is 0 Å². The molecule has 1 unspecified atom stereocenters. The third-order valence-corrected chi connectivity index (χ3v) is 3.98. The Labute approximate surface area is 126 Å². The lowest BCUT2D eigenvalue weighted by Gasteiger charge is -2.36. The summed E-state index contributed by atoms with van der Waals surface area (Å²) in [5, 5.41) is 8.88. The average molecular weight is 315 g/mol. The van der Waals surface area contributed by atoms with Crippen molar-refractivity contribution in [1.29, 1.82) is 0 Å². The van der Waals surface area contributed by atoms with Crippen molar-refractivity contribution in [1.82, 2.24) is 9.80 Å². The molecule has 1 saturated heterocycles. The molecule has 0 spiro atoms. The Morgan fingerprint density at radius 3 is 2.48 bits per heavy atom. The maximum atomic E-state index is 13.9. The predicted octanol–water partition coefficient (Wildman–Crippen LogP) is 1.71. The van der Waals surface area contributed by atoms with Crippen LogP contribution in [0.2, 0.25) is 5.02 Å². The summed E-state index contributed by atoms with van der Waals surface area (Å²) >= 11 is 5.68. The van der Waals surface area contributed by atoms with Gasteiger partial charge in [-0.15, -0.1) is 0 Å². The number of hydrogen-bond acceptors (Lipinski definition) is 3. The van der Waals surface area contributed by atoms with Crippen LogP contribution in [0.4, 0.5) is 4.39 Å². The van der Waals surface area contributed by atoms with Gasteiger partial charge in [0.1, 0.15) is 6.04 Å². The Kier molecular flexibility index (Phi) is 4.80. The molecule has 114 valence electrons. The Morgan fingerprint density at radius 1 is 1.29 bits per heavy atom.